The summed E-state index contributed by atoms with van der Waals surface area (Å²) in [6, 6.07) is 11.7. The Labute approximate surface area is 166 Å². The maximum atomic E-state index is 14.0. The number of halogens is 2. The third-order valence-electron chi connectivity index (χ3n) is 4.70. The molecule has 0 radical (unpaired) electrons. The molecule has 144 valence electrons. The molecular formula is C20H18ClFN4O2. The Balaban J connectivity index is 1.37. The zero-order chi connectivity index (χ0) is 19.5. The molecule has 0 saturated carbocycles. The lowest BCUT2D eigenvalue weighted by Gasteiger charge is -2.35. The minimum absolute atomic E-state index is 0.0245. The second-order valence-corrected chi connectivity index (χ2v) is 6.88. The number of piperazine rings is 1. The molecule has 2 heterocycles. The van der Waals surface area contributed by atoms with Crippen LogP contribution in [-0.2, 0) is 4.79 Å². The van der Waals surface area contributed by atoms with Crippen LogP contribution >= 0.6 is 11.6 Å². The standard InChI is InChI=1S/C20H18ClFN4O2/c21-14-4-6-15(7-5-14)28-12-18(27)25-8-10-26(11-9-25)20-16-2-1-3-17(22)19(16)23-13-24-20/h1-7,13H,8-12H2. The number of para-hydroxylation sites is 1. The second kappa shape index (κ2) is 7.98. The number of hydrogen-bond acceptors (Lipinski definition) is 5. The fraction of sp³-hybridized carbons (Fsp3) is 0.250. The van der Waals surface area contributed by atoms with E-state index in [4.69, 9.17) is 16.3 Å². The third-order valence-corrected chi connectivity index (χ3v) is 4.95. The minimum Gasteiger partial charge on any atom is -0.484 e. The lowest BCUT2D eigenvalue weighted by Crippen LogP contribution is -2.50. The van der Waals surface area contributed by atoms with Gasteiger partial charge < -0.3 is 14.5 Å². The Bertz CT molecular complexity index is 991. The molecule has 1 aliphatic heterocycles. The summed E-state index contributed by atoms with van der Waals surface area (Å²) in [5, 5.41) is 1.29. The number of hydrogen-bond donors (Lipinski definition) is 0. The van der Waals surface area contributed by atoms with Crippen LogP contribution < -0.4 is 9.64 Å². The summed E-state index contributed by atoms with van der Waals surface area (Å²) in [6.07, 6.45) is 1.37. The van der Waals surface area contributed by atoms with Gasteiger partial charge in [0.05, 0.1) is 0 Å². The molecule has 0 spiro atoms. The first-order valence-electron chi connectivity index (χ1n) is 8.92. The predicted octanol–water partition coefficient (Wildman–Crippen LogP) is 3.15. The van der Waals surface area contributed by atoms with Crippen LogP contribution in [0.3, 0.4) is 0 Å². The largest absolute Gasteiger partial charge is 0.484 e. The molecule has 1 saturated heterocycles. The molecule has 1 aromatic heterocycles. The summed E-state index contributed by atoms with van der Waals surface area (Å²) in [5.41, 5.74) is 0.308. The molecule has 1 amide bonds. The molecule has 0 atom stereocenters. The first-order chi connectivity index (χ1) is 13.6. The highest BCUT2D eigenvalue weighted by molar-refractivity contribution is 6.30. The van der Waals surface area contributed by atoms with E-state index in [-0.39, 0.29) is 18.3 Å². The van der Waals surface area contributed by atoms with Crippen LogP contribution in [0.15, 0.2) is 48.8 Å². The molecule has 0 unspecified atom stereocenters. The molecule has 6 nitrogen and oxygen atoms in total. The Morgan fingerprint density at radius 1 is 1.07 bits per heavy atom. The van der Waals surface area contributed by atoms with Gasteiger partial charge in [0.15, 0.2) is 6.61 Å². The molecule has 1 aliphatic rings. The van der Waals surface area contributed by atoms with Gasteiger partial charge in [-0.25, -0.2) is 14.4 Å². The second-order valence-electron chi connectivity index (χ2n) is 6.44. The number of rotatable bonds is 4. The summed E-state index contributed by atoms with van der Waals surface area (Å²) >= 11 is 5.84. The molecule has 0 bridgehead atoms. The lowest BCUT2D eigenvalue weighted by molar-refractivity contribution is -0.133. The van der Waals surface area contributed by atoms with Crippen molar-refractivity contribution in [1.29, 1.82) is 0 Å². The van der Waals surface area contributed by atoms with Crippen LogP contribution in [0.4, 0.5) is 10.2 Å². The number of anilines is 1. The molecule has 0 aliphatic carbocycles. The van der Waals surface area contributed by atoms with E-state index in [0.717, 1.165) is 0 Å². The van der Waals surface area contributed by atoms with Gasteiger partial charge in [-0.15, -0.1) is 0 Å². The number of fused-ring (bicyclic) bond motifs is 1. The van der Waals surface area contributed by atoms with Crippen molar-refractivity contribution in [2.75, 3.05) is 37.7 Å². The van der Waals surface area contributed by atoms with E-state index < -0.39 is 0 Å². The van der Waals surface area contributed by atoms with E-state index in [9.17, 15) is 9.18 Å². The van der Waals surface area contributed by atoms with Crippen LogP contribution in [0.5, 0.6) is 5.75 Å². The van der Waals surface area contributed by atoms with E-state index in [1.807, 2.05) is 11.0 Å². The molecule has 1 fully saturated rings. The van der Waals surface area contributed by atoms with Gasteiger partial charge in [0.25, 0.3) is 5.91 Å². The van der Waals surface area contributed by atoms with Gasteiger partial charge in [0, 0.05) is 36.6 Å². The van der Waals surface area contributed by atoms with E-state index in [0.29, 0.717) is 53.7 Å². The Hall–Kier alpha value is -2.93. The van der Waals surface area contributed by atoms with E-state index in [1.54, 1.807) is 35.2 Å². The monoisotopic (exact) mass is 400 g/mol. The number of benzene rings is 2. The minimum atomic E-state index is -0.366. The smallest absolute Gasteiger partial charge is 0.260 e. The highest BCUT2D eigenvalue weighted by Crippen LogP contribution is 2.25. The highest BCUT2D eigenvalue weighted by Gasteiger charge is 2.23. The Kier molecular flexibility index (Phi) is 5.25. The van der Waals surface area contributed by atoms with Crippen molar-refractivity contribution in [3.63, 3.8) is 0 Å². The zero-order valence-corrected chi connectivity index (χ0v) is 15.8. The zero-order valence-electron chi connectivity index (χ0n) is 15.0. The van der Waals surface area contributed by atoms with Gasteiger partial charge in [-0.05, 0) is 36.4 Å². The summed E-state index contributed by atoms with van der Waals surface area (Å²) in [5.74, 6) is 0.849. The molecule has 3 aromatic rings. The summed E-state index contributed by atoms with van der Waals surface area (Å²) in [6.45, 7) is 2.28. The van der Waals surface area contributed by atoms with Gasteiger partial charge in [-0.3, -0.25) is 4.79 Å². The van der Waals surface area contributed by atoms with Crippen molar-refractivity contribution < 1.29 is 13.9 Å². The number of amides is 1. The molecule has 4 rings (SSSR count). The van der Waals surface area contributed by atoms with Gasteiger partial charge >= 0.3 is 0 Å². The Morgan fingerprint density at radius 3 is 2.57 bits per heavy atom. The molecule has 8 heteroatoms. The van der Waals surface area contributed by atoms with Gasteiger partial charge in [-0.1, -0.05) is 17.7 Å². The average Bonchev–Trinajstić information content (AvgIpc) is 2.73. The number of aromatic nitrogens is 2. The fourth-order valence-corrected chi connectivity index (χ4v) is 3.35. The normalized spacial score (nSPS) is 14.4. The van der Waals surface area contributed by atoms with Crippen molar-refractivity contribution in [2.24, 2.45) is 0 Å². The van der Waals surface area contributed by atoms with Gasteiger partial charge in [-0.2, -0.15) is 0 Å². The van der Waals surface area contributed by atoms with Crippen molar-refractivity contribution in [1.82, 2.24) is 14.9 Å². The molecular weight excluding hydrogens is 383 g/mol. The van der Waals surface area contributed by atoms with Crippen LogP contribution in [-0.4, -0.2) is 53.6 Å². The summed E-state index contributed by atoms with van der Waals surface area (Å²) in [4.78, 5) is 24.6. The first-order valence-corrected chi connectivity index (χ1v) is 9.30. The summed E-state index contributed by atoms with van der Waals surface area (Å²) in [7, 11) is 0. The van der Waals surface area contributed by atoms with Gasteiger partial charge in [0.2, 0.25) is 0 Å². The van der Waals surface area contributed by atoms with Gasteiger partial charge in [0.1, 0.15) is 29.2 Å². The van der Waals surface area contributed by atoms with Crippen molar-refractivity contribution in [2.45, 2.75) is 0 Å². The maximum Gasteiger partial charge on any atom is 0.260 e. The third kappa shape index (κ3) is 3.84. The van der Waals surface area contributed by atoms with Crippen LogP contribution in [0.25, 0.3) is 10.9 Å². The lowest BCUT2D eigenvalue weighted by atomic mass is 10.2. The van der Waals surface area contributed by atoms with Crippen LogP contribution in [0, 0.1) is 5.82 Å². The van der Waals surface area contributed by atoms with Crippen LogP contribution in [0.1, 0.15) is 0 Å². The maximum absolute atomic E-state index is 14.0. The highest BCUT2D eigenvalue weighted by atomic mass is 35.5. The number of carbonyl (C=O) groups is 1. The quantitative estimate of drug-likeness (QED) is 0.673. The van der Waals surface area contributed by atoms with Crippen molar-refractivity contribution >= 4 is 34.2 Å². The number of nitrogens with zero attached hydrogens (tertiary/aromatic N) is 4. The van der Waals surface area contributed by atoms with Crippen molar-refractivity contribution in [3.05, 3.63) is 59.6 Å². The topological polar surface area (TPSA) is 58.6 Å². The number of ether oxygens (including phenoxy) is 1. The van der Waals surface area contributed by atoms with E-state index >= 15 is 0 Å². The van der Waals surface area contributed by atoms with E-state index in [1.165, 1.54) is 12.4 Å². The van der Waals surface area contributed by atoms with Crippen LogP contribution in [0.2, 0.25) is 5.02 Å². The Morgan fingerprint density at radius 2 is 1.82 bits per heavy atom. The number of carbonyl (C=O) groups excluding carboxylic acids is 1. The molecule has 0 N–H and O–H groups in total. The molecule has 28 heavy (non-hydrogen) atoms. The average molecular weight is 401 g/mol. The fourth-order valence-electron chi connectivity index (χ4n) is 3.22. The predicted molar refractivity (Wildman–Crippen MR) is 105 cm³/mol. The summed E-state index contributed by atoms with van der Waals surface area (Å²) < 4.78 is 19.5. The first kappa shape index (κ1) is 18.4. The SMILES string of the molecule is O=C(COc1ccc(Cl)cc1)N1CCN(c2ncnc3c(F)cccc23)CC1. The molecule has 2 aromatic carbocycles. The van der Waals surface area contributed by atoms with E-state index in [2.05, 4.69) is 9.97 Å². The van der Waals surface area contributed by atoms with Crippen molar-refractivity contribution in [3.8, 4) is 5.75 Å².